The lowest BCUT2D eigenvalue weighted by Gasteiger charge is -2.36. The Morgan fingerprint density at radius 2 is 1.75 bits per heavy atom. The van der Waals surface area contributed by atoms with Gasteiger partial charge in [-0.3, -0.25) is 0 Å². The van der Waals surface area contributed by atoms with E-state index in [0.29, 0.717) is 6.04 Å². The Bertz CT molecular complexity index is 332. The highest BCUT2D eigenvalue weighted by Crippen LogP contribution is 2.19. The van der Waals surface area contributed by atoms with Gasteiger partial charge < -0.3 is 5.32 Å². The molecule has 0 saturated carbocycles. The van der Waals surface area contributed by atoms with Crippen LogP contribution in [0.1, 0.15) is 47.5 Å². The SMILES string of the molecule is CC1CCC(NS(=O)(=O)C(C)(C)C)C(C)N1. The average molecular weight is 248 g/mol. The molecule has 0 spiro atoms. The standard InChI is InChI=1S/C11H24N2O2S/c1-8-6-7-10(9(2)12-8)13-16(14,15)11(3,4)5/h8-10,12-13H,6-7H2,1-5H3. The first-order valence-electron chi connectivity index (χ1n) is 5.91. The van der Waals surface area contributed by atoms with E-state index in [4.69, 9.17) is 0 Å². The van der Waals surface area contributed by atoms with Crippen LogP contribution in [0.25, 0.3) is 0 Å². The molecular weight excluding hydrogens is 224 g/mol. The lowest BCUT2D eigenvalue weighted by atomic mass is 9.96. The smallest absolute Gasteiger partial charge is 0.216 e. The van der Waals surface area contributed by atoms with Crippen molar-refractivity contribution in [2.75, 3.05) is 0 Å². The zero-order valence-corrected chi connectivity index (χ0v) is 11.7. The summed E-state index contributed by atoms with van der Waals surface area (Å²) >= 11 is 0. The van der Waals surface area contributed by atoms with E-state index in [1.165, 1.54) is 0 Å². The number of hydrogen-bond acceptors (Lipinski definition) is 3. The van der Waals surface area contributed by atoms with Crippen LogP contribution in [0.2, 0.25) is 0 Å². The summed E-state index contributed by atoms with van der Waals surface area (Å²) in [4.78, 5) is 0. The van der Waals surface area contributed by atoms with Gasteiger partial charge in [0.05, 0.1) is 4.75 Å². The van der Waals surface area contributed by atoms with Crippen LogP contribution in [0.4, 0.5) is 0 Å². The normalized spacial score (nSPS) is 32.7. The molecule has 1 rings (SSSR count). The molecule has 1 aliphatic heterocycles. The highest BCUT2D eigenvalue weighted by molar-refractivity contribution is 7.90. The van der Waals surface area contributed by atoms with E-state index in [-0.39, 0.29) is 12.1 Å². The van der Waals surface area contributed by atoms with Gasteiger partial charge in [0.1, 0.15) is 0 Å². The summed E-state index contributed by atoms with van der Waals surface area (Å²) in [5.74, 6) is 0. The lowest BCUT2D eigenvalue weighted by Crippen LogP contribution is -2.57. The average Bonchev–Trinajstić information content (AvgIpc) is 2.08. The third-order valence-corrected chi connectivity index (χ3v) is 5.40. The van der Waals surface area contributed by atoms with E-state index >= 15 is 0 Å². The van der Waals surface area contributed by atoms with Gasteiger partial charge in [-0.1, -0.05) is 0 Å². The molecule has 1 heterocycles. The Labute approximate surface area is 99.2 Å². The zero-order chi connectivity index (χ0) is 12.6. The first-order chi connectivity index (χ1) is 7.13. The molecule has 3 atom stereocenters. The second kappa shape index (κ2) is 4.63. The van der Waals surface area contributed by atoms with Crippen molar-refractivity contribution in [1.29, 1.82) is 0 Å². The third-order valence-electron chi connectivity index (χ3n) is 3.17. The van der Waals surface area contributed by atoms with Gasteiger partial charge in [-0.15, -0.1) is 0 Å². The summed E-state index contributed by atoms with van der Waals surface area (Å²) in [5, 5.41) is 3.38. The molecule has 0 radical (unpaired) electrons. The van der Waals surface area contributed by atoms with Gasteiger partial charge >= 0.3 is 0 Å². The van der Waals surface area contributed by atoms with Gasteiger partial charge in [0.25, 0.3) is 0 Å². The maximum atomic E-state index is 12.0. The maximum Gasteiger partial charge on any atom is 0.216 e. The van der Waals surface area contributed by atoms with Crippen LogP contribution in [0.3, 0.4) is 0 Å². The second-order valence-electron chi connectivity index (χ2n) is 5.77. The Balaban J connectivity index is 2.68. The molecular formula is C11H24N2O2S. The van der Waals surface area contributed by atoms with Gasteiger partial charge in [0.15, 0.2) is 0 Å². The fourth-order valence-corrected chi connectivity index (χ4v) is 2.94. The Kier molecular flexibility index (Phi) is 4.03. The van der Waals surface area contributed by atoms with Crippen molar-refractivity contribution in [3.05, 3.63) is 0 Å². The van der Waals surface area contributed by atoms with Crippen LogP contribution >= 0.6 is 0 Å². The van der Waals surface area contributed by atoms with E-state index < -0.39 is 14.8 Å². The molecule has 1 aliphatic rings. The van der Waals surface area contributed by atoms with Gasteiger partial charge in [0.2, 0.25) is 10.0 Å². The zero-order valence-electron chi connectivity index (χ0n) is 10.9. The predicted molar refractivity (Wildman–Crippen MR) is 66.9 cm³/mol. The van der Waals surface area contributed by atoms with E-state index in [1.807, 2.05) is 6.92 Å². The minimum Gasteiger partial charge on any atom is -0.310 e. The number of rotatable bonds is 2. The topological polar surface area (TPSA) is 58.2 Å². The van der Waals surface area contributed by atoms with E-state index in [9.17, 15) is 8.42 Å². The second-order valence-corrected chi connectivity index (χ2v) is 8.24. The van der Waals surface area contributed by atoms with E-state index in [0.717, 1.165) is 12.8 Å². The largest absolute Gasteiger partial charge is 0.310 e. The fourth-order valence-electron chi connectivity index (χ4n) is 1.86. The number of sulfonamides is 1. The van der Waals surface area contributed by atoms with E-state index in [1.54, 1.807) is 20.8 Å². The van der Waals surface area contributed by atoms with Crippen molar-refractivity contribution in [2.45, 2.75) is 70.3 Å². The minimum absolute atomic E-state index is 0.0143. The molecule has 0 amide bonds. The molecule has 1 fully saturated rings. The van der Waals surface area contributed by atoms with Gasteiger partial charge in [-0.05, 0) is 47.5 Å². The summed E-state index contributed by atoms with van der Waals surface area (Å²) in [6.07, 6.45) is 1.92. The van der Waals surface area contributed by atoms with Crippen LogP contribution in [-0.2, 0) is 10.0 Å². The summed E-state index contributed by atoms with van der Waals surface area (Å²) in [7, 11) is -3.24. The molecule has 96 valence electrons. The monoisotopic (exact) mass is 248 g/mol. The quantitative estimate of drug-likeness (QED) is 0.773. The van der Waals surface area contributed by atoms with Crippen LogP contribution in [0, 0.1) is 0 Å². The highest BCUT2D eigenvalue weighted by atomic mass is 32.2. The van der Waals surface area contributed by atoms with E-state index in [2.05, 4.69) is 17.0 Å². The van der Waals surface area contributed by atoms with Crippen LogP contribution in [-0.4, -0.2) is 31.3 Å². The fraction of sp³-hybridized carbons (Fsp3) is 1.00. The highest BCUT2D eigenvalue weighted by Gasteiger charge is 2.34. The van der Waals surface area contributed by atoms with Gasteiger partial charge in [-0.25, -0.2) is 13.1 Å². The molecule has 4 nitrogen and oxygen atoms in total. The van der Waals surface area contributed by atoms with Crippen molar-refractivity contribution < 1.29 is 8.42 Å². The number of hydrogen-bond donors (Lipinski definition) is 2. The molecule has 0 aromatic carbocycles. The first kappa shape index (κ1) is 13.9. The molecule has 0 aromatic rings. The van der Waals surface area contributed by atoms with Crippen molar-refractivity contribution >= 4 is 10.0 Å². The summed E-state index contributed by atoms with van der Waals surface area (Å²) in [5.41, 5.74) is 0. The Morgan fingerprint density at radius 3 is 2.19 bits per heavy atom. The van der Waals surface area contributed by atoms with Gasteiger partial charge in [-0.2, -0.15) is 0 Å². The summed E-state index contributed by atoms with van der Waals surface area (Å²) < 4.78 is 26.1. The van der Waals surface area contributed by atoms with Crippen LogP contribution in [0.5, 0.6) is 0 Å². The van der Waals surface area contributed by atoms with Gasteiger partial charge in [0, 0.05) is 18.1 Å². The van der Waals surface area contributed by atoms with Crippen molar-refractivity contribution in [1.82, 2.24) is 10.0 Å². The van der Waals surface area contributed by atoms with Crippen molar-refractivity contribution in [2.24, 2.45) is 0 Å². The maximum absolute atomic E-state index is 12.0. The third kappa shape index (κ3) is 3.18. The van der Waals surface area contributed by atoms with Crippen molar-refractivity contribution in [3.8, 4) is 0 Å². The summed E-state index contributed by atoms with van der Waals surface area (Å²) in [6, 6.07) is 0.687. The molecule has 0 aliphatic carbocycles. The number of nitrogens with one attached hydrogen (secondary N) is 2. The molecule has 5 heteroatoms. The Hall–Kier alpha value is -0.130. The first-order valence-corrected chi connectivity index (χ1v) is 7.40. The van der Waals surface area contributed by atoms with Crippen LogP contribution in [0.15, 0.2) is 0 Å². The molecule has 3 unspecified atom stereocenters. The summed E-state index contributed by atoms with van der Waals surface area (Å²) in [6.45, 7) is 9.33. The molecule has 16 heavy (non-hydrogen) atoms. The van der Waals surface area contributed by atoms with Crippen LogP contribution < -0.4 is 10.0 Å². The molecule has 0 aromatic heterocycles. The van der Waals surface area contributed by atoms with Crippen molar-refractivity contribution in [3.63, 3.8) is 0 Å². The molecule has 0 bridgehead atoms. The molecule has 1 saturated heterocycles. The Morgan fingerprint density at radius 1 is 1.19 bits per heavy atom. The number of piperidine rings is 1. The predicted octanol–water partition coefficient (Wildman–Crippen LogP) is 1.23. The minimum atomic E-state index is -3.24. The molecule has 2 N–H and O–H groups in total. The lowest BCUT2D eigenvalue weighted by molar-refractivity contribution is 0.295.